The number of rotatable bonds is 3. The van der Waals surface area contributed by atoms with Gasteiger partial charge in [-0.2, -0.15) is 0 Å². The summed E-state index contributed by atoms with van der Waals surface area (Å²) in [6.45, 7) is 0. The van der Waals surface area contributed by atoms with Gasteiger partial charge in [0, 0.05) is 22.7 Å². The minimum absolute atomic E-state index is 0.149. The van der Waals surface area contributed by atoms with Gasteiger partial charge >= 0.3 is 0 Å². The zero-order chi connectivity index (χ0) is 14.8. The molecule has 0 aliphatic heterocycles. The molecule has 2 aromatic carbocycles. The molecule has 0 fully saturated rings. The van der Waals surface area contributed by atoms with Crippen LogP contribution in [0.4, 0.5) is 8.78 Å². The van der Waals surface area contributed by atoms with Crippen LogP contribution in [-0.2, 0) is 0 Å². The van der Waals surface area contributed by atoms with Crippen molar-refractivity contribution in [3.63, 3.8) is 0 Å². The van der Waals surface area contributed by atoms with Crippen LogP contribution in [0.25, 0.3) is 10.9 Å². The molecule has 3 nitrogen and oxygen atoms in total. The fourth-order valence-electron chi connectivity index (χ4n) is 2.44. The average Bonchev–Trinajstić information content (AvgIpc) is 2.51. The van der Waals surface area contributed by atoms with E-state index >= 15 is 0 Å². The summed E-state index contributed by atoms with van der Waals surface area (Å²) in [5, 5.41) is 0.909. The summed E-state index contributed by atoms with van der Waals surface area (Å²) >= 11 is 0. The van der Waals surface area contributed by atoms with Crippen LogP contribution in [0.3, 0.4) is 0 Å². The number of fused-ring (bicyclic) bond motifs is 1. The molecule has 1 atom stereocenters. The van der Waals surface area contributed by atoms with Gasteiger partial charge < -0.3 is 0 Å². The van der Waals surface area contributed by atoms with E-state index < -0.39 is 17.7 Å². The van der Waals surface area contributed by atoms with Gasteiger partial charge in [0.1, 0.15) is 11.6 Å². The van der Waals surface area contributed by atoms with Gasteiger partial charge in [-0.15, -0.1) is 0 Å². The molecule has 3 aromatic rings. The second-order valence-corrected chi connectivity index (χ2v) is 4.69. The van der Waals surface area contributed by atoms with Crippen LogP contribution in [0, 0.1) is 11.6 Å². The molecular weight excluding hydrogens is 272 g/mol. The molecule has 1 heterocycles. The molecule has 3 rings (SSSR count). The maximum Gasteiger partial charge on any atom is 0.128 e. The minimum Gasteiger partial charge on any atom is -0.271 e. The number of benzene rings is 2. The molecule has 0 bridgehead atoms. The molecule has 5 heteroatoms. The van der Waals surface area contributed by atoms with E-state index in [4.69, 9.17) is 5.84 Å². The standard InChI is InChI=1S/C16H13F2N3/c17-11-6-7-14(18)13(9-11)16(21-19)12-5-1-3-10-4-2-8-20-15(10)12/h1-9,16,21H,19H2. The number of hydrazine groups is 1. The molecule has 21 heavy (non-hydrogen) atoms. The summed E-state index contributed by atoms with van der Waals surface area (Å²) in [4.78, 5) is 4.32. The quantitative estimate of drug-likeness (QED) is 0.574. The van der Waals surface area contributed by atoms with Gasteiger partial charge in [-0.1, -0.05) is 24.3 Å². The first-order valence-corrected chi connectivity index (χ1v) is 6.45. The normalized spacial score (nSPS) is 12.5. The van der Waals surface area contributed by atoms with E-state index in [2.05, 4.69) is 10.4 Å². The maximum absolute atomic E-state index is 14.0. The van der Waals surface area contributed by atoms with E-state index in [1.54, 1.807) is 12.3 Å². The van der Waals surface area contributed by atoms with E-state index in [0.717, 1.165) is 23.6 Å². The predicted molar refractivity (Wildman–Crippen MR) is 77.3 cm³/mol. The first kappa shape index (κ1) is 13.6. The van der Waals surface area contributed by atoms with Crippen molar-refractivity contribution in [2.45, 2.75) is 6.04 Å². The molecule has 3 N–H and O–H groups in total. The van der Waals surface area contributed by atoms with E-state index in [9.17, 15) is 8.78 Å². The van der Waals surface area contributed by atoms with E-state index in [1.807, 2.05) is 24.3 Å². The number of halogens is 2. The van der Waals surface area contributed by atoms with Gasteiger partial charge in [0.2, 0.25) is 0 Å². The van der Waals surface area contributed by atoms with Crippen LogP contribution in [0.2, 0.25) is 0 Å². The predicted octanol–water partition coefficient (Wildman–Crippen LogP) is 3.07. The number of hydrogen-bond donors (Lipinski definition) is 2. The first-order valence-electron chi connectivity index (χ1n) is 6.45. The summed E-state index contributed by atoms with van der Waals surface area (Å²) in [6, 6.07) is 11.9. The Bertz CT molecular complexity index is 784. The van der Waals surface area contributed by atoms with Crippen molar-refractivity contribution in [2.24, 2.45) is 5.84 Å². The smallest absolute Gasteiger partial charge is 0.128 e. The summed E-state index contributed by atoms with van der Waals surface area (Å²) in [7, 11) is 0. The number of nitrogens with zero attached hydrogens (tertiary/aromatic N) is 1. The van der Waals surface area contributed by atoms with Crippen LogP contribution in [-0.4, -0.2) is 4.98 Å². The summed E-state index contributed by atoms with van der Waals surface area (Å²) in [5.41, 5.74) is 4.09. The highest BCUT2D eigenvalue weighted by atomic mass is 19.1. The molecule has 1 aromatic heterocycles. The Morgan fingerprint density at radius 2 is 1.81 bits per heavy atom. The van der Waals surface area contributed by atoms with Crippen molar-refractivity contribution in [3.8, 4) is 0 Å². The number of nitrogens with two attached hydrogens (primary N) is 1. The average molecular weight is 285 g/mol. The first-order chi connectivity index (χ1) is 10.2. The largest absolute Gasteiger partial charge is 0.271 e. The van der Waals surface area contributed by atoms with Gasteiger partial charge in [0.25, 0.3) is 0 Å². The second-order valence-electron chi connectivity index (χ2n) is 4.69. The van der Waals surface area contributed by atoms with Crippen LogP contribution in [0.15, 0.2) is 54.7 Å². The maximum atomic E-state index is 14.0. The Kier molecular flexibility index (Phi) is 3.60. The van der Waals surface area contributed by atoms with Crippen molar-refractivity contribution >= 4 is 10.9 Å². The lowest BCUT2D eigenvalue weighted by Crippen LogP contribution is -2.30. The molecule has 0 spiro atoms. The Morgan fingerprint density at radius 1 is 1.00 bits per heavy atom. The number of para-hydroxylation sites is 1. The number of pyridine rings is 1. The third kappa shape index (κ3) is 2.49. The van der Waals surface area contributed by atoms with E-state index in [0.29, 0.717) is 11.1 Å². The molecule has 0 aliphatic rings. The molecular formula is C16H13F2N3. The van der Waals surface area contributed by atoms with Crippen LogP contribution in [0.1, 0.15) is 17.2 Å². The highest BCUT2D eigenvalue weighted by Crippen LogP contribution is 2.29. The van der Waals surface area contributed by atoms with Crippen molar-refractivity contribution < 1.29 is 8.78 Å². The lowest BCUT2D eigenvalue weighted by atomic mass is 9.96. The molecule has 0 aliphatic carbocycles. The van der Waals surface area contributed by atoms with Gasteiger partial charge in [-0.25, -0.2) is 14.2 Å². The van der Waals surface area contributed by atoms with Crippen molar-refractivity contribution in [2.75, 3.05) is 0 Å². The lowest BCUT2D eigenvalue weighted by Gasteiger charge is -2.19. The third-order valence-corrected chi connectivity index (χ3v) is 3.41. The van der Waals surface area contributed by atoms with Gasteiger partial charge in [-0.05, 0) is 24.3 Å². The van der Waals surface area contributed by atoms with E-state index in [1.165, 1.54) is 0 Å². The second kappa shape index (κ2) is 5.55. The van der Waals surface area contributed by atoms with Crippen molar-refractivity contribution in [1.82, 2.24) is 10.4 Å². The Labute approximate surface area is 120 Å². The highest BCUT2D eigenvalue weighted by Gasteiger charge is 2.20. The van der Waals surface area contributed by atoms with E-state index in [-0.39, 0.29) is 5.56 Å². The third-order valence-electron chi connectivity index (χ3n) is 3.41. The van der Waals surface area contributed by atoms with Crippen LogP contribution >= 0.6 is 0 Å². The minimum atomic E-state index is -0.681. The molecule has 0 saturated carbocycles. The molecule has 106 valence electrons. The lowest BCUT2D eigenvalue weighted by molar-refractivity contribution is 0.546. The van der Waals surface area contributed by atoms with Crippen molar-refractivity contribution in [1.29, 1.82) is 0 Å². The Morgan fingerprint density at radius 3 is 2.62 bits per heavy atom. The fraction of sp³-hybridized carbons (Fsp3) is 0.0625. The highest BCUT2D eigenvalue weighted by molar-refractivity contribution is 5.82. The number of aromatic nitrogens is 1. The summed E-state index contributed by atoms with van der Waals surface area (Å²) in [5.74, 6) is 4.54. The van der Waals surface area contributed by atoms with Gasteiger partial charge in [0.05, 0.1) is 11.6 Å². The molecule has 0 amide bonds. The van der Waals surface area contributed by atoms with Gasteiger partial charge in [-0.3, -0.25) is 10.8 Å². The molecule has 0 radical (unpaired) electrons. The Balaban J connectivity index is 2.21. The Hall–Kier alpha value is -2.37. The summed E-state index contributed by atoms with van der Waals surface area (Å²) < 4.78 is 27.4. The monoisotopic (exact) mass is 285 g/mol. The molecule has 1 unspecified atom stereocenters. The van der Waals surface area contributed by atoms with Crippen LogP contribution in [0.5, 0.6) is 0 Å². The SMILES string of the molecule is NNC(c1cc(F)ccc1F)c1cccc2cccnc12. The topological polar surface area (TPSA) is 50.9 Å². The number of hydrogen-bond acceptors (Lipinski definition) is 3. The number of nitrogens with one attached hydrogen (secondary N) is 1. The van der Waals surface area contributed by atoms with Crippen LogP contribution < -0.4 is 11.3 Å². The zero-order valence-corrected chi connectivity index (χ0v) is 11.1. The zero-order valence-electron chi connectivity index (χ0n) is 11.1. The van der Waals surface area contributed by atoms with Crippen molar-refractivity contribution in [3.05, 3.63) is 77.5 Å². The fourth-order valence-corrected chi connectivity index (χ4v) is 2.44. The summed E-state index contributed by atoms with van der Waals surface area (Å²) in [6.07, 6.45) is 1.65. The molecule has 0 saturated heterocycles. The van der Waals surface area contributed by atoms with Gasteiger partial charge in [0.15, 0.2) is 0 Å².